The van der Waals surface area contributed by atoms with Crippen molar-refractivity contribution in [3.8, 4) is 5.75 Å². The average Bonchev–Trinajstić information content (AvgIpc) is 2.69. The van der Waals surface area contributed by atoms with E-state index in [2.05, 4.69) is 20.6 Å². The summed E-state index contributed by atoms with van der Waals surface area (Å²) in [5, 5.41) is 6.32. The van der Waals surface area contributed by atoms with Crippen LogP contribution in [0.5, 0.6) is 5.75 Å². The standard InChI is InChI=1S/C20H20N4O3/c1-3-27-19(25)14-7-9-15(10-8-14)22-18-11-12-21-20(24-18)23-16-5-4-6-17(13-16)26-2/h4-13H,3H2,1-2H3,(H2,21,22,23,24). The Kier molecular flexibility index (Phi) is 5.84. The van der Waals surface area contributed by atoms with E-state index < -0.39 is 0 Å². The molecular formula is C20H20N4O3. The minimum Gasteiger partial charge on any atom is -0.497 e. The molecule has 0 bridgehead atoms. The number of rotatable bonds is 7. The Morgan fingerprint density at radius 2 is 1.85 bits per heavy atom. The van der Waals surface area contributed by atoms with Gasteiger partial charge in [0.15, 0.2) is 0 Å². The molecule has 2 aromatic carbocycles. The first-order valence-electron chi connectivity index (χ1n) is 8.46. The lowest BCUT2D eigenvalue weighted by Gasteiger charge is -2.09. The number of esters is 1. The van der Waals surface area contributed by atoms with E-state index >= 15 is 0 Å². The third-order valence-electron chi connectivity index (χ3n) is 3.65. The van der Waals surface area contributed by atoms with Gasteiger partial charge in [-0.25, -0.2) is 9.78 Å². The van der Waals surface area contributed by atoms with Crippen molar-refractivity contribution in [1.29, 1.82) is 0 Å². The van der Waals surface area contributed by atoms with E-state index in [0.29, 0.717) is 23.9 Å². The molecule has 0 aliphatic rings. The van der Waals surface area contributed by atoms with Gasteiger partial charge in [0.25, 0.3) is 0 Å². The van der Waals surface area contributed by atoms with Crippen molar-refractivity contribution < 1.29 is 14.3 Å². The molecule has 27 heavy (non-hydrogen) atoms. The highest BCUT2D eigenvalue weighted by atomic mass is 16.5. The summed E-state index contributed by atoms with van der Waals surface area (Å²) >= 11 is 0. The highest BCUT2D eigenvalue weighted by molar-refractivity contribution is 5.89. The maximum Gasteiger partial charge on any atom is 0.338 e. The molecule has 0 atom stereocenters. The van der Waals surface area contributed by atoms with E-state index in [1.807, 2.05) is 24.3 Å². The highest BCUT2D eigenvalue weighted by Gasteiger charge is 2.06. The smallest absolute Gasteiger partial charge is 0.338 e. The van der Waals surface area contributed by atoms with Crippen LogP contribution in [0.3, 0.4) is 0 Å². The number of methoxy groups -OCH3 is 1. The van der Waals surface area contributed by atoms with Crippen molar-refractivity contribution in [2.75, 3.05) is 24.4 Å². The monoisotopic (exact) mass is 364 g/mol. The summed E-state index contributed by atoms with van der Waals surface area (Å²) in [7, 11) is 1.62. The maximum atomic E-state index is 11.7. The fourth-order valence-corrected chi connectivity index (χ4v) is 2.37. The number of benzene rings is 2. The summed E-state index contributed by atoms with van der Waals surface area (Å²) in [4.78, 5) is 20.4. The van der Waals surface area contributed by atoms with Crippen LogP contribution in [0.2, 0.25) is 0 Å². The van der Waals surface area contributed by atoms with Crippen LogP contribution in [0, 0.1) is 0 Å². The Balaban J connectivity index is 1.69. The van der Waals surface area contributed by atoms with Gasteiger partial charge in [0.05, 0.1) is 19.3 Å². The molecule has 0 radical (unpaired) electrons. The molecule has 3 rings (SSSR count). The Hall–Kier alpha value is -3.61. The highest BCUT2D eigenvalue weighted by Crippen LogP contribution is 2.21. The van der Waals surface area contributed by atoms with Crippen LogP contribution >= 0.6 is 0 Å². The van der Waals surface area contributed by atoms with Crippen LogP contribution in [-0.4, -0.2) is 29.7 Å². The second-order valence-electron chi connectivity index (χ2n) is 5.55. The Bertz CT molecular complexity index is 913. The Morgan fingerprint density at radius 3 is 2.59 bits per heavy atom. The molecule has 0 fully saturated rings. The van der Waals surface area contributed by atoms with Gasteiger partial charge in [0, 0.05) is 23.6 Å². The molecular weight excluding hydrogens is 344 g/mol. The van der Waals surface area contributed by atoms with Gasteiger partial charge < -0.3 is 20.1 Å². The number of hydrogen-bond donors (Lipinski definition) is 2. The molecule has 7 heteroatoms. The topological polar surface area (TPSA) is 85.4 Å². The first-order valence-corrected chi connectivity index (χ1v) is 8.46. The number of carbonyl (C=O) groups excluding carboxylic acids is 1. The van der Waals surface area contributed by atoms with Crippen LogP contribution in [0.1, 0.15) is 17.3 Å². The van der Waals surface area contributed by atoms with Crippen LogP contribution < -0.4 is 15.4 Å². The second kappa shape index (κ2) is 8.66. The first kappa shape index (κ1) is 18.2. The third kappa shape index (κ3) is 4.94. The predicted molar refractivity (Wildman–Crippen MR) is 104 cm³/mol. The molecule has 3 aromatic rings. The average molecular weight is 364 g/mol. The minimum absolute atomic E-state index is 0.337. The van der Waals surface area contributed by atoms with Gasteiger partial charge in [0.1, 0.15) is 11.6 Å². The molecule has 0 spiro atoms. The van der Waals surface area contributed by atoms with Crippen LogP contribution in [0.15, 0.2) is 60.8 Å². The Morgan fingerprint density at radius 1 is 1.04 bits per heavy atom. The maximum absolute atomic E-state index is 11.7. The minimum atomic E-state index is -0.337. The van der Waals surface area contributed by atoms with Gasteiger partial charge >= 0.3 is 5.97 Å². The van der Waals surface area contributed by atoms with E-state index in [4.69, 9.17) is 9.47 Å². The van der Waals surface area contributed by atoms with Gasteiger partial charge in [-0.05, 0) is 49.4 Å². The molecule has 1 heterocycles. The Labute approximate surface area is 157 Å². The fraction of sp³-hybridized carbons (Fsp3) is 0.150. The predicted octanol–water partition coefficient (Wildman–Crippen LogP) is 4.15. The molecule has 0 unspecified atom stereocenters. The lowest BCUT2D eigenvalue weighted by molar-refractivity contribution is 0.0526. The number of nitrogens with zero attached hydrogens (tertiary/aromatic N) is 2. The largest absolute Gasteiger partial charge is 0.497 e. The van der Waals surface area contributed by atoms with E-state index in [1.54, 1.807) is 50.6 Å². The number of carbonyl (C=O) groups is 1. The number of hydrogen-bond acceptors (Lipinski definition) is 7. The molecule has 0 saturated heterocycles. The molecule has 138 valence electrons. The van der Waals surface area contributed by atoms with Crippen LogP contribution in [0.4, 0.5) is 23.1 Å². The normalized spacial score (nSPS) is 10.1. The zero-order valence-corrected chi connectivity index (χ0v) is 15.1. The summed E-state index contributed by atoms with van der Waals surface area (Å²) < 4.78 is 10.2. The molecule has 2 N–H and O–H groups in total. The van der Waals surface area contributed by atoms with Crippen LogP contribution in [0.25, 0.3) is 0 Å². The summed E-state index contributed by atoms with van der Waals surface area (Å²) in [5.74, 6) is 1.49. The zero-order chi connectivity index (χ0) is 19.1. The van der Waals surface area contributed by atoms with Gasteiger partial charge in [0.2, 0.25) is 5.95 Å². The quantitative estimate of drug-likeness (QED) is 0.609. The summed E-state index contributed by atoms with van der Waals surface area (Å²) in [6.07, 6.45) is 1.66. The van der Waals surface area contributed by atoms with Crippen LogP contribution in [-0.2, 0) is 4.74 Å². The molecule has 0 amide bonds. The zero-order valence-electron chi connectivity index (χ0n) is 15.1. The van der Waals surface area contributed by atoms with Gasteiger partial charge in [-0.15, -0.1) is 0 Å². The van der Waals surface area contributed by atoms with Crippen molar-refractivity contribution >= 4 is 29.1 Å². The summed E-state index contributed by atoms with van der Waals surface area (Å²) in [6, 6.07) is 16.3. The van der Waals surface area contributed by atoms with Gasteiger partial charge in [-0.2, -0.15) is 4.98 Å². The summed E-state index contributed by atoms with van der Waals surface area (Å²) in [5.41, 5.74) is 2.13. The molecule has 0 aliphatic carbocycles. The van der Waals surface area contributed by atoms with E-state index in [1.165, 1.54) is 0 Å². The van der Waals surface area contributed by atoms with Crippen molar-refractivity contribution in [3.63, 3.8) is 0 Å². The fourth-order valence-electron chi connectivity index (χ4n) is 2.37. The number of ether oxygens (including phenoxy) is 2. The van der Waals surface area contributed by atoms with Gasteiger partial charge in [-0.3, -0.25) is 0 Å². The van der Waals surface area contributed by atoms with E-state index in [9.17, 15) is 4.79 Å². The number of anilines is 4. The molecule has 7 nitrogen and oxygen atoms in total. The molecule has 0 aliphatic heterocycles. The lowest BCUT2D eigenvalue weighted by Crippen LogP contribution is -2.04. The first-order chi connectivity index (χ1) is 13.2. The molecule has 0 saturated carbocycles. The van der Waals surface area contributed by atoms with E-state index in [-0.39, 0.29) is 5.97 Å². The third-order valence-corrected chi connectivity index (χ3v) is 3.65. The van der Waals surface area contributed by atoms with Crippen molar-refractivity contribution in [2.45, 2.75) is 6.92 Å². The number of nitrogens with one attached hydrogen (secondary N) is 2. The van der Waals surface area contributed by atoms with Gasteiger partial charge in [-0.1, -0.05) is 6.07 Å². The van der Waals surface area contributed by atoms with Crippen molar-refractivity contribution in [2.24, 2.45) is 0 Å². The molecule has 1 aromatic heterocycles. The SMILES string of the molecule is CCOC(=O)c1ccc(Nc2ccnc(Nc3cccc(OC)c3)n2)cc1. The number of aromatic nitrogens is 2. The van der Waals surface area contributed by atoms with E-state index in [0.717, 1.165) is 17.1 Å². The second-order valence-corrected chi connectivity index (χ2v) is 5.55. The lowest BCUT2D eigenvalue weighted by atomic mass is 10.2. The van der Waals surface area contributed by atoms with Crippen molar-refractivity contribution in [3.05, 3.63) is 66.4 Å². The summed E-state index contributed by atoms with van der Waals surface area (Å²) in [6.45, 7) is 2.13. The van der Waals surface area contributed by atoms with Crippen molar-refractivity contribution in [1.82, 2.24) is 9.97 Å².